The van der Waals surface area contributed by atoms with Crippen molar-refractivity contribution >= 4 is 12.0 Å². The second-order valence-corrected chi connectivity index (χ2v) is 15.1. The van der Waals surface area contributed by atoms with Gasteiger partial charge in [0.1, 0.15) is 6.10 Å². The summed E-state index contributed by atoms with van der Waals surface area (Å²) in [4.78, 5) is 12.7. The zero-order valence-electron chi connectivity index (χ0n) is 26.1. The number of rotatable bonds is 8. The lowest BCUT2D eigenvalue weighted by atomic mass is 9.49. The molecule has 0 aliphatic heterocycles. The third kappa shape index (κ3) is 4.85. The van der Waals surface area contributed by atoms with Gasteiger partial charge >= 0.3 is 5.97 Å². The predicted octanol–water partition coefficient (Wildman–Crippen LogP) is 9.12. The van der Waals surface area contributed by atoms with Gasteiger partial charge in [-0.05, 0) is 161 Å². The van der Waals surface area contributed by atoms with Gasteiger partial charge in [-0.15, -0.1) is 0 Å². The number of aromatic hydroxyl groups is 1. The molecule has 0 aromatic heterocycles. The molecular weight excluding hydrogens is 508 g/mol. The van der Waals surface area contributed by atoms with Crippen molar-refractivity contribution in [1.29, 1.82) is 0 Å². The summed E-state index contributed by atoms with van der Waals surface area (Å²) in [6, 6.07) is 5.07. The van der Waals surface area contributed by atoms with Crippen LogP contribution < -0.4 is 4.74 Å². The first-order valence-corrected chi connectivity index (χ1v) is 16.5. The van der Waals surface area contributed by atoms with E-state index in [1.165, 1.54) is 83.0 Å². The highest BCUT2D eigenvalue weighted by Gasteiger charge is 2.78. The second kappa shape index (κ2) is 10.8. The van der Waals surface area contributed by atoms with Crippen LogP contribution in [0.5, 0.6) is 11.5 Å². The maximum Gasteiger partial charge on any atom is 0.331 e. The van der Waals surface area contributed by atoms with E-state index in [1.807, 2.05) is 0 Å². The first kappa shape index (κ1) is 28.9. The first-order valence-electron chi connectivity index (χ1n) is 16.5. The zero-order valence-corrected chi connectivity index (χ0v) is 26.1. The van der Waals surface area contributed by atoms with Crippen molar-refractivity contribution in [2.45, 2.75) is 111 Å². The molecule has 5 saturated carbocycles. The molecule has 0 bridgehead atoms. The van der Waals surface area contributed by atoms with Crippen LogP contribution >= 0.6 is 0 Å². The number of phenolic OH excluding ortho intramolecular Hbond substituents is 1. The quantitative estimate of drug-likeness (QED) is 0.196. The van der Waals surface area contributed by atoms with E-state index in [0.717, 1.165) is 48.0 Å². The van der Waals surface area contributed by atoms with E-state index in [4.69, 9.17) is 9.47 Å². The number of esters is 1. The summed E-state index contributed by atoms with van der Waals surface area (Å²) in [6.07, 6.45) is 21.6. The van der Waals surface area contributed by atoms with Gasteiger partial charge in [0.15, 0.2) is 11.5 Å². The summed E-state index contributed by atoms with van der Waals surface area (Å²) in [5.74, 6) is 4.53. The van der Waals surface area contributed by atoms with Gasteiger partial charge in [0.2, 0.25) is 0 Å². The molecule has 1 aromatic rings. The standard InChI is InChI=1S/C37H52O4/c1-24(2)7-6-8-25(3)29-13-14-30-31-12-11-27-22-28(17-18-36(27)23-37(31,36)20-19-35(29,30)4)41-34(39)16-10-26-9-15-32(38)33(21-26)40-5/h7,9-10,15-16,21,25,27-31,38H,6,8,11-14,17-20,22-23H2,1-5H3/b16-10+/t25-,27+,28?,29-,30+,31+,35-,36-,37+/m1/s1. The summed E-state index contributed by atoms with van der Waals surface area (Å²) < 4.78 is 11.2. The van der Waals surface area contributed by atoms with Crippen molar-refractivity contribution in [2.75, 3.05) is 7.11 Å². The number of carbonyl (C=O) groups is 1. The number of benzene rings is 1. The summed E-state index contributed by atoms with van der Waals surface area (Å²) >= 11 is 0. The third-order valence-corrected chi connectivity index (χ3v) is 13.1. The lowest BCUT2D eigenvalue weighted by molar-refractivity contribution is -0.149. The Balaban J connectivity index is 1.07. The van der Waals surface area contributed by atoms with Crippen LogP contribution in [-0.2, 0) is 9.53 Å². The Morgan fingerprint density at radius 1 is 1.07 bits per heavy atom. The van der Waals surface area contributed by atoms with Gasteiger partial charge in [0, 0.05) is 6.08 Å². The maximum atomic E-state index is 12.7. The number of carbonyl (C=O) groups excluding carboxylic acids is 1. The van der Waals surface area contributed by atoms with Crippen LogP contribution in [0, 0.1) is 45.8 Å². The highest BCUT2D eigenvalue weighted by Crippen LogP contribution is 2.85. The van der Waals surface area contributed by atoms with Gasteiger partial charge in [-0.25, -0.2) is 4.79 Å². The lowest BCUT2D eigenvalue weighted by Crippen LogP contribution is -2.49. The fourth-order valence-electron chi connectivity index (χ4n) is 11.2. The molecule has 2 spiro atoms. The normalized spacial score (nSPS) is 39.6. The molecule has 4 nitrogen and oxygen atoms in total. The number of methoxy groups -OCH3 is 1. The largest absolute Gasteiger partial charge is 0.504 e. The summed E-state index contributed by atoms with van der Waals surface area (Å²) in [5.41, 5.74) is 3.92. The van der Waals surface area contributed by atoms with Crippen LogP contribution in [0.25, 0.3) is 6.08 Å². The Hall–Kier alpha value is -2.23. The summed E-state index contributed by atoms with van der Waals surface area (Å²) in [7, 11) is 1.52. The SMILES string of the molecule is COc1cc(/C=C/C(=O)OC2CC[C@]34C[C@]35CC[C@]3(C)[C@@H]([C@H](C)CCC=C(C)C)CC[C@H]3[C@@H]5CC[C@H]4C2)ccc1O. The Bertz CT molecular complexity index is 1210. The van der Waals surface area contributed by atoms with Gasteiger partial charge in [-0.1, -0.05) is 31.6 Å². The van der Waals surface area contributed by atoms with E-state index in [-0.39, 0.29) is 17.8 Å². The topological polar surface area (TPSA) is 55.8 Å². The van der Waals surface area contributed by atoms with Crippen LogP contribution in [0.3, 0.4) is 0 Å². The van der Waals surface area contributed by atoms with Crippen LogP contribution in [0.2, 0.25) is 0 Å². The van der Waals surface area contributed by atoms with Crippen LogP contribution in [0.4, 0.5) is 0 Å². The molecule has 5 aliphatic rings. The predicted molar refractivity (Wildman–Crippen MR) is 165 cm³/mol. The molecular formula is C37H52O4. The van der Waals surface area contributed by atoms with Crippen LogP contribution in [-0.4, -0.2) is 24.3 Å². The smallest absolute Gasteiger partial charge is 0.331 e. The van der Waals surface area contributed by atoms with Crippen LogP contribution in [0.15, 0.2) is 35.9 Å². The van der Waals surface area contributed by atoms with Crippen molar-refractivity contribution in [1.82, 2.24) is 0 Å². The van der Waals surface area contributed by atoms with Gasteiger partial charge < -0.3 is 14.6 Å². The van der Waals surface area contributed by atoms with Crippen LogP contribution in [0.1, 0.15) is 110 Å². The molecule has 5 fully saturated rings. The minimum absolute atomic E-state index is 0.0395. The number of allylic oxidation sites excluding steroid dienone is 2. The first-order chi connectivity index (χ1) is 19.6. The number of hydrogen-bond acceptors (Lipinski definition) is 4. The van der Waals surface area contributed by atoms with Crippen molar-refractivity contribution in [3.05, 3.63) is 41.5 Å². The van der Waals surface area contributed by atoms with E-state index in [0.29, 0.717) is 22.0 Å². The van der Waals surface area contributed by atoms with Gasteiger partial charge in [0.25, 0.3) is 0 Å². The molecule has 9 atom stereocenters. The molecule has 4 heteroatoms. The monoisotopic (exact) mass is 560 g/mol. The molecule has 0 heterocycles. The molecule has 41 heavy (non-hydrogen) atoms. The lowest BCUT2D eigenvalue weighted by Gasteiger charge is -2.56. The number of phenols is 1. The van der Waals surface area contributed by atoms with Crippen molar-refractivity contribution in [2.24, 2.45) is 45.8 Å². The highest BCUT2D eigenvalue weighted by molar-refractivity contribution is 5.87. The summed E-state index contributed by atoms with van der Waals surface area (Å²) in [5, 5.41) is 9.81. The number of ether oxygens (including phenoxy) is 2. The molecule has 1 aromatic carbocycles. The number of hydrogen-bond donors (Lipinski definition) is 1. The molecule has 1 unspecified atom stereocenters. The van der Waals surface area contributed by atoms with Gasteiger partial charge in [-0.3, -0.25) is 0 Å². The molecule has 5 aliphatic carbocycles. The third-order valence-electron chi connectivity index (χ3n) is 13.1. The van der Waals surface area contributed by atoms with Gasteiger partial charge in [0.05, 0.1) is 7.11 Å². The Morgan fingerprint density at radius 3 is 2.66 bits per heavy atom. The highest BCUT2D eigenvalue weighted by atomic mass is 16.5. The van der Waals surface area contributed by atoms with E-state index in [1.54, 1.807) is 24.3 Å². The van der Waals surface area contributed by atoms with Crippen molar-refractivity contribution < 1.29 is 19.4 Å². The maximum absolute atomic E-state index is 12.7. The van der Waals surface area contributed by atoms with E-state index < -0.39 is 0 Å². The molecule has 0 radical (unpaired) electrons. The average Bonchev–Trinajstić information content (AvgIpc) is 3.48. The molecule has 1 N–H and O–H groups in total. The fourth-order valence-corrected chi connectivity index (χ4v) is 11.2. The minimum atomic E-state index is -0.263. The Labute approximate surface area is 248 Å². The Kier molecular flexibility index (Phi) is 7.60. The second-order valence-electron chi connectivity index (χ2n) is 15.1. The van der Waals surface area contributed by atoms with E-state index >= 15 is 0 Å². The molecule has 0 saturated heterocycles. The number of fused-ring (bicyclic) bond motifs is 2. The molecule has 224 valence electrons. The molecule has 0 amide bonds. The summed E-state index contributed by atoms with van der Waals surface area (Å²) in [6.45, 7) is 9.70. The average molecular weight is 561 g/mol. The Morgan fingerprint density at radius 2 is 1.88 bits per heavy atom. The minimum Gasteiger partial charge on any atom is -0.504 e. The zero-order chi connectivity index (χ0) is 29.0. The van der Waals surface area contributed by atoms with Gasteiger partial charge in [-0.2, -0.15) is 0 Å². The van der Waals surface area contributed by atoms with Crippen molar-refractivity contribution in [3.63, 3.8) is 0 Å². The molecule has 6 rings (SSSR count). The van der Waals surface area contributed by atoms with E-state index in [9.17, 15) is 9.90 Å². The van der Waals surface area contributed by atoms with Crippen molar-refractivity contribution in [3.8, 4) is 11.5 Å². The van der Waals surface area contributed by atoms with E-state index in [2.05, 4.69) is 33.8 Å². The fraction of sp³-hybridized carbons (Fsp3) is 0.703.